The Bertz CT molecular complexity index is 537. The Balaban J connectivity index is 2.44. The number of hydrogen-bond acceptors (Lipinski definition) is 2. The van der Waals surface area contributed by atoms with E-state index in [2.05, 4.69) is 33.0 Å². The second-order valence-corrected chi connectivity index (χ2v) is 4.93. The summed E-state index contributed by atoms with van der Waals surface area (Å²) in [6.45, 7) is 2.04. The number of aryl methyl sites for hydroxylation is 1. The Kier molecular flexibility index (Phi) is 3.38. The third-order valence-electron chi connectivity index (χ3n) is 2.76. The summed E-state index contributed by atoms with van der Waals surface area (Å²) >= 11 is 3.55. The quantitative estimate of drug-likeness (QED) is 0.844. The lowest BCUT2D eigenvalue weighted by molar-refractivity contribution is 1.20. The maximum Gasteiger partial charge on any atom is 0.0642 e. The van der Waals surface area contributed by atoms with Gasteiger partial charge in [-0.3, -0.25) is 0 Å². The van der Waals surface area contributed by atoms with Crippen LogP contribution in [0, 0.1) is 6.92 Å². The normalized spacial score (nSPS) is 10.3. The zero-order chi connectivity index (χ0) is 12.4. The van der Waals surface area contributed by atoms with E-state index in [1.165, 1.54) is 5.56 Å². The summed E-state index contributed by atoms with van der Waals surface area (Å²) in [6, 6.07) is 14.2. The van der Waals surface area contributed by atoms with Gasteiger partial charge in [-0.1, -0.05) is 18.2 Å². The molecule has 2 aromatic rings. The molecule has 0 atom stereocenters. The summed E-state index contributed by atoms with van der Waals surface area (Å²) in [4.78, 5) is 2.08. The number of halogens is 1. The van der Waals surface area contributed by atoms with Gasteiger partial charge in [0, 0.05) is 11.5 Å². The molecule has 2 aromatic carbocycles. The number of hydrogen-bond donors (Lipinski definition) is 1. The van der Waals surface area contributed by atoms with E-state index in [0.717, 1.165) is 21.5 Å². The van der Waals surface area contributed by atoms with Crippen molar-refractivity contribution in [1.82, 2.24) is 0 Å². The molecule has 0 amide bonds. The molecular formula is C14H15BrN2. The first-order chi connectivity index (χ1) is 8.09. The highest BCUT2D eigenvalue weighted by molar-refractivity contribution is 9.10. The van der Waals surface area contributed by atoms with Crippen LogP contribution in [0.1, 0.15) is 5.56 Å². The Morgan fingerprint density at radius 2 is 1.76 bits per heavy atom. The van der Waals surface area contributed by atoms with E-state index in [9.17, 15) is 0 Å². The molecule has 0 aliphatic carbocycles. The zero-order valence-corrected chi connectivity index (χ0v) is 11.5. The van der Waals surface area contributed by atoms with Crippen LogP contribution in [0.3, 0.4) is 0 Å². The minimum Gasteiger partial charge on any atom is -0.397 e. The van der Waals surface area contributed by atoms with Crippen molar-refractivity contribution in [2.24, 2.45) is 0 Å². The van der Waals surface area contributed by atoms with Crippen molar-refractivity contribution in [1.29, 1.82) is 0 Å². The Labute approximate surface area is 110 Å². The number of benzene rings is 2. The van der Waals surface area contributed by atoms with Crippen molar-refractivity contribution in [3.63, 3.8) is 0 Å². The molecule has 0 saturated heterocycles. The fraction of sp³-hybridized carbons (Fsp3) is 0.143. The molecule has 2 rings (SSSR count). The minimum absolute atomic E-state index is 0.795. The standard InChI is InChI=1S/C14H15BrN2/c1-10-7-8-14(12(16)9-10)17(2)13-6-4-3-5-11(13)15/h3-9H,16H2,1-2H3. The first-order valence-electron chi connectivity index (χ1n) is 5.44. The Morgan fingerprint density at radius 1 is 1.06 bits per heavy atom. The summed E-state index contributed by atoms with van der Waals surface area (Å²) in [5.41, 5.74) is 10.1. The molecule has 0 bridgehead atoms. The Morgan fingerprint density at radius 3 is 2.41 bits per heavy atom. The van der Waals surface area contributed by atoms with Gasteiger partial charge in [0.15, 0.2) is 0 Å². The van der Waals surface area contributed by atoms with E-state index >= 15 is 0 Å². The second kappa shape index (κ2) is 4.80. The van der Waals surface area contributed by atoms with Crippen LogP contribution in [0.4, 0.5) is 17.1 Å². The highest BCUT2D eigenvalue weighted by atomic mass is 79.9. The van der Waals surface area contributed by atoms with Gasteiger partial charge in [-0.2, -0.15) is 0 Å². The molecule has 0 aromatic heterocycles. The van der Waals surface area contributed by atoms with Gasteiger partial charge in [-0.05, 0) is 52.7 Å². The van der Waals surface area contributed by atoms with Gasteiger partial charge in [-0.15, -0.1) is 0 Å². The molecule has 0 fully saturated rings. The van der Waals surface area contributed by atoms with E-state index in [-0.39, 0.29) is 0 Å². The van der Waals surface area contributed by atoms with Crippen LogP contribution in [0.2, 0.25) is 0 Å². The fourth-order valence-electron chi connectivity index (χ4n) is 1.83. The number of para-hydroxylation sites is 1. The van der Waals surface area contributed by atoms with Crippen molar-refractivity contribution in [2.45, 2.75) is 6.92 Å². The van der Waals surface area contributed by atoms with Crippen molar-refractivity contribution in [2.75, 3.05) is 17.7 Å². The molecule has 88 valence electrons. The summed E-state index contributed by atoms with van der Waals surface area (Å²) in [7, 11) is 2.02. The first-order valence-corrected chi connectivity index (χ1v) is 6.23. The summed E-state index contributed by atoms with van der Waals surface area (Å²) in [5, 5.41) is 0. The van der Waals surface area contributed by atoms with E-state index in [0.29, 0.717) is 0 Å². The lowest BCUT2D eigenvalue weighted by atomic mass is 10.1. The SMILES string of the molecule is Cc1ccc(N(C)c2ccccc2Br)c(N)c1. The van der Waals surface area contributed by atoms with Gasteiger partial charge in [0.2, 0.25) is 0 Å². The zero-order valence-electron chi connectivity index (χ0n) is 9.94. The van der Waals surface area contributed by atoms with Crippen LogP contribution >= 0.6 is 15.9 Å². The molecule has 0 unspecified atom stereocenters. The number of rotatable bonds is 2. The van der Waals surface area contributed by atoms with Crippen LogP contribution in [0.5, 0.6) is 0 Å². The monoisotopic (exact) mass is 290 g/mol. The maximum absolute atomic E-state index is 6.05. The van der Waals surface area contributed by atoms with Crippen LogP contribution in [0.15, 0.2) is 46.9 Å². The lowest BCUT2D eigenvalue weighted by Crippen LogP contribution is -2.12. The molecule has 0 aliphatic heterocycles. The lowest BCUT2D eigenvalue weighted by Gasteiger charge is -2.22. The van der Waals surface area contributed by atoms with E-state index < -0.39 is 0 Å². The molecule has 0 aliphatic rings. The van der Waals surface area contributed by atoms with Gasteiger partial charge >= 0.3 is 0 Å². The van der Waals surface area contributed by atoms with Gasteiger partial charge in [0.25, 0.3) is 0 Å². The summed E-state index contributed by atoms with van der Waals surface area (Å²) < 4.78 is 1.06. The van der Waals surface area contributed by atoms with Crippen molar-refractivity contribution < 1.29 is 0 Å². The van der Waals surface area contributed by atoms with Crippen molar-refractivity contribution in [3.05, 3.63) is 52.5 Å². The molecule has 2 N–H and O–H groups in total. The average Bonchev–Trinajstić information content (AvgIpc) is 2.29. The molecule has 0 saturated carbocycles. The third kappa shape index (κ3) is 2.44. The topological polar surface area (TPSA) is 29.3 Å². The molecular weight excluding hydrogens is 276 g/mol. The molecule has 3 heteroatoms. The highest BCUT2D eigenvalue weighted by Crippen LogP contribution is 2.33. The molecule has 0 spiro atoms. The second-order valence-electron chi connectivity index (χ2n) is 4.07. The highest BCUT2D eigenvalue weighted by Gasteiger charge is 2.09. The summed E-state index contributed by atoms with van der Waals surface area (Å²) in [5.74, 6) is 0. The van der Waals surface area contributed by atoms with Crippen molar-refractivity contribution in [3.8, 4) is 0 Å². The van der Waals surface area contributed by atoms with Gasteiger partial charge in [0.1, 0.15) is 0 Å². The van der Waals surface area contributed by atoms with Crippen LogP contribution in [-0.4, -0.2) is 7.05 Å². The van der Waals surface area contributed by atoms with E-state index in [4.69, 9.17) is 5.73 Å². The smallest absolute Gasteiger partial charge is 0.0642 e. The molecule has 0 radical (unpaired) electrons. The number of anilines is 3. The fourth-order valence-corrected chi connectivity index (χ4v) is 2.38. The molecule has 0 heterocycles. The third-order valence-corrected chi connectivity index (χ3v) is 3.43. The number of nitrogen functional groups attached to an aromatic ring is 1. The predicted molar refractivity (Wildman–Crippen MR) is 77.8 cm³/mol. The van der Waals surface area contributed by atoms with Crippen LogP contribution in [0.25, 0.3) is 0 Å². The summed E-state index contributed by atoms with van der Waals surface area (Å²) in [6.07, 6.45) is 0. The minimum atomic E-state index is 0.795. The van der Waals surface area contributed by atoms with Crippen molar-refractivity contribution >= 4 is 33.0 Å². The largest absolute Gasteiger partial charge is 0.397 e. The molecule has 17 heavy (non-hydrogen) atoms. The van der Waals surface area contributed by atoms with Gasteiger partial charge in [0.05, 0.1) is 17.1 Å². The van der Waals surface area contributed by atoms with E-state index in [1.807, 2.05) is 44.3 Å². The average molecular weight is 291 g/mol. The Hall–Kier alpha value is -1.48. The molecule has 2 nitrogen and oxygen atoms in total. The van der Waals surface area contributed by atoms with E-state index in [1.54, 1.807) is 0 Å². The first kappa shape index (κ1) is 12.0. The number of nitrogens with zero attached hydrogens (tertiary/aromatic N) is 1. The maximum atomic E-state index is 6.05. The number of nitrogens with two attached hydrogens (primary N) is 1. The van der Waals surface area contributed by atoms with Gasteiger partial charge in [-0.25, -0.2) is 0 Å². The van der Waals surface area contributed by atoms with Gasteiger partial charge < -0.3 is 10.6 Å². The predicted octanol–water partition coefficient (Wildman–Crippen LogP) is 4.11. The van der Waals surface area contributed by atoms with Crippen LogP contribution < -0.4 is 10.6 Å². The van der Waals surface area contributed by atoms with Crippen LogP contribution in [-0.2, 0) is 0 Å².